The van der Waals surface area contributed by atoms with Gasteiger partial charge in [0, 0.05) is 24.4 Å². The highest BCUT2D eigenvalue weighted by atomic mass is 32.1. The summed E-state index contributed by atoms with van der Waals surface area (Å²) in [5.74, 6) is 0.201. The SMILES string of the molecule is CNCC(C)C(=O)N(C)Cc1nc2c(s1)CCCC2. The lowest BCUT2D eigenvalue weighted by Gasteiger charge is -2.20. The van der Waals surface area contributed by atoms with Gasteiger partial charge in [0.15, 0.2) is 0 Å². The van der Waals surface area contributed by atoms with E-state index in [2.05, 4.69) is 10.3 Å². The van der Waals surface area contributed by atoms with E-state index in [0.29, 0.717) is 6.54 Å². The van der Waals surface area contributed by atoms with Crippen molar-refractivity contribution in [2.24, 2.45) is 5.92 Å². The second-order valence-electron chi connectivity index (χ2n) is 5.34. The third kappa shape index (κ3) is 3.54. The lowest BCUT2D eigenvalue weighted by molar-refractivity contribution is -0.134. The predicted molar refractivity (Wildman–Crippen MR) is 78.3 cm³/mol. The Hall–Kier alpha value is -0.940. The first kappa shape index (κ1) is 14.5. The van der Waals surface area contributed by atoms with Crippen LogP contribution in [0.25, 0.3) is 0 Å². The molecule has 0 aliphatic heterocycles. The van der Waals surface area contributed by atoms with Gasteiger partial charge in [-0.2, -0.15) is 0 Å². The highest BCUT2D eigenvalue weighted by molar-refractivity contribution is 7.11. The van der Waals surface area contributed by atoms with Crippen LogP contribution in [0.5, 0.6) is 0 Å². The lowest BCUT2D eigenvalue weighted by atomic mass is 10.0. The van der Waals surface area contributed by atoms with Crippen molar-refractivity contribution in [1.82, 2.24) is 15.2 Å². The normalized spacial score (nSPS) is 15.9. The Balaban J connectivity index is 1.96. The number of rotatable bonds is 5. The van der Waals surface area contributed by atoms with E-state index in [1.54, 1.807) is 16.2 Å². The molecule has 0 bridgehead atoms. The number of hydrogen-bond acceptors (Lipinski definition) is 4. The Bertz CT molecular complexity index is 420. The summed E-state index contributed by atoms with van der Waals surface area (Å²) in [6, 6.07) is 0. The molecule has 0 saturated carbocycles. The van der Waals surface area contributed by atoms with Crippen molar-refractivity contribution in [1.29, 1.82) is 0 Å². The number of carbonyl (C=O) groups is 1. The van der Waals surface area contributed by atoms with Crippen molar-refractivity contribution in [3.05, 3.63) is 15.6 Å². The van der Waals surface area contributed by atoms with Crippen LogP contribution in [0.15, 0.2) is 0 Å². The molecule has 1 aromatic heterocycles. The van der Waals surface area contributed by atoms with Gasteiger partial charge < -0.3 is 10.2 Å². The van der Waals surface area contributed by atoms with Gasteiger partial charge in [-0.3, -0.25) is 4.79 Å². The highest BCUT2D eigenvalue weighted by Crippen LogP contribution is 2.27. The quantitative estimate of drug-likeness (QED) is 0.895. The van der Waals surface area contributed by atoms with Gasteiger partial charge in [0.2, 0.25) is 5.91 Å². The summed E-state index contributed by atoms with van der Waals surface area (Å²) in [6.07, 6.45) is 4.81. The minimum absolute atomic E-state index is 0.0181. The van der Waals surface area contributed by atoms with Gasteiger partial charge in [0.05, 0.1) is 12.2 Å². The second kappa shape index (κ2) is 6.48. The average Bonchev–Trinajstić information content (AvgIpc) is 2.80. The Labute approximate surface area is 119 Å². The fourth-order valence-corrected chi connectivity index (χ4v) is 3.73. The molecule has 1 unspecified atom stereocenters. The summed E-state index contributed by atoms with van der Waals surface area (Å²) in [7, 11) is 3.74. The van der Waals surface area contributed by atoms with Gasteiger partial charge >= 0.3 is 0 Å². The van der Waals surface area contributed by atoms with Gasteiger partial charge in [0.25, 0.3) is 0 Å². The van der Waals surface area contributed by atoms with Crippen molar-refractivity contribution < 1.29 is 4.79 Å². The number of hydrogen-bond donors (Lipinski definition) is 1. The fraction of sp³-hybridized carbons (Fsp3) is 0.714. The van der Waals surface area contributed by atoms with Crippen molar-refractivity contribution in [2.75, 3.05) is 20.6 Å². The fourth-order valence-electron chi connectivity index (χ4n) is 2.52. The van der Waals surface area contributed by atoms with E-state index in [1.165, 1.54) is 29.8 Å². The maximum Gasteiger partial charge on any atom is 0.226 e. The predicted octanol–water partition coefficient (Wildman–Crippen LogP) is 1.84. The molecular weight excluding hydrogens is 258 g/mol. The highest BCUT2D eigenvalue weighted by Gasteiger charge is 2.20. The van der Waals surface area contributed by atoms with Gasteiger partial charge in [0.1, 0.15) is 5.01 Å². The van der Waals surface area contributed by atoms with Crippen molar-refractivity contribution in [3.8, 4) is 0 Å². The van der Waals surface area contributed by atoms with Crippen LogP contribution in [0.1, 0.15) is 35.3 Å². The summed E-state index contributed by atoms with van der Waals surface area (Å²) in [6.45, 7) is 3.32. The molecule has 1 atom stereocenters. The van der Waals surface area contributed by atoms with Crippen LogP contribution in [-0.2, 0) is 24.2 Å². The molecule has 106 valence electrons. The third-order valence-electron chi connectivity index (χ3n) is 3.57. The summed E-state index contributed by atoms with van der Waals surface area (Å²) in [4.78, 5) is 20.1. The maximum atomic E-state index is 12.1. The Morgan fingerprint density at radius 2 is 2.21 bits per heavy atom. The van der Waals surface area contributed by atoms with Crippen LogP contribution >= 0.6 is 11.3 Å². The first-order valence-electron chi connectivity index (χ1n) is 6.99. The summed E-state index contributed by atoms with van der Waals surface area (Å²) in [5.41, 5.74) is 1.27. The largest absolute Gasteiger partial charge is 0.339 e. The number of aryl methyl sites for hydroxylation is 2. The maximum absolute atomic E-state index is 12.1. The van der Waals surface area contributed by atoms with Crippen LogP contribution in [0, 0.1) is 5.92 Å². The van der Waals surface area contributed by atoms with E-state index >= 15 is 0 Å². The van der Waals surface area contributed by atoms with Crippen LogP contribution < -0.4 is 5.32 Å². The number of nitrogens with one attached hydrogen (secondary N) is 1. The van der Waals surface area contributed by atoms with Crippen LogP contribution in [0.4, 0.5) is 0 Å². The first-order valence-corrected chi connectivity index (χ1v) is 7.80. The zero-order valence-corrected chi connectivity index (χ0v) is 12.8. The number of amides is 1. The number of nitrogens with zero attached hydrogens (tertiary/aromatic N) is 2. The van der Waals surface area contributed by atoms with Crippen molar-refractivity contribution >= 4 is 17.2 Å². The molecule has 4 nitrogen and oxygen atoms in total. The molecule has 0 aromatic carbocycles. The zero-order valence-electron chi connectivity index (χ0n) is 12.0. The first-order chi connectivity index (χ1) is 9.11. The molecule has 1 aromatic rings. The van der Waals surface area contributed by atoms with E-state index in [4.69, 9.17) is 0 Å². The molecule has 5 heteroatoms. The van der Waals surface area contributed by atoms with E-state index in [9.17, 15) is 4.79 Å². The standard InChI is InChI=1S/C14H23N3OS/c1-10(8-15-2)14(18)17(3)9-13-16-11-6-4-5-7-12(11)19-13/h10,15H,4-9H2,1-3H3. The molecule has 2 rings (SSSR count). The molecule has 19 heavy (non-hydrogen) atoms. The molecule has 1 heterocycles. The molecule has 1 aliphatic carbocycles. The van der Waals surface area contributed by atoms with Crippen LogP contribution in [0.2, 0.25) is 0 Å². The smallest absolute Gasteiger partial charge is 0.226 e. The van der Waals surface area contributed by atoms with Gasteiger partial charge in [-0.05, 0) is 32.7 Å². The molecule has 1 N–H and O–H groups in total. The number of fused-ring (bicyclic) bond motifs is 1. The van der Waals surface area contributed by atoms with E-state index in [1.807, 2.05) is 21.0 Å². The Morgan fingerprint density at radius 1 is 1.47 bits per heavy atom. The van der Waals surface area contributed by atoms with Crippen LogP contribution in [0.3, 0.4) is 0 Å². The van der Waals surface area contributed by atoms with Crippen molar-refractivity contribution in [2.45, 2.75) is 39.2 Å². The molecule has 0 fully saturated rings. The van der Waals surface area contributed by atoms with Gasteiger partial charge in [-0.25, -0.2) is 4.98 Å². The van der Waals surface area contributed by atoms with Crippen LogP contribution in [-0.4, -0.2) is 36.4 Å². The molecular formula is C14H23N3OS. The minimum Gasteiger partial charge on any atom is -0.339 e. The summed E-state index contributed by atoms with van der Waals surface area (Å²) in [5, 5.41) is 4.13. The zero-order chi connectivity index (χ0) is 13.8. The third-order valence-corrected chi connectivity index (χ3v) is 4.71. The summed E-state index contributed by atoms with van der Waals surface area (Å²) < 4.78 is 0. The Morgan fingerprint density at radius 3 is 2.89 bits per heavy atom. The molecule has 1 amide bonds. The molecule has 0 saturated heterocycles. The van der Waals surface area contributed by atoms with E-state index in [0.717, 1.165) is 18.0 Å². The second-order valence-corrected chi connectivity index (χ2v) is 6.51. The molecule has 1 aliphatic rings. The van der Waals surface area contributed by atoms with Gasteiger partial charge in [-0.1, -0.05) is 6.92 Å². The summed E-state index contributed by atoms with van der Waals surface area (Å²) >= 11 is 1.79. The Kier molecular flexibility index (Phi) is 4.93. The lowest BCUT2D eigenvalue weighted by Crippen LogP contribution is -2.35. The van der Waals surface area contributed by atoms with E-state index in [-0.39, 0.29) is 11.8 Å². The van der Waals surface area contributed by atoms with E-state index < -0.39 is 0 Å². The van der Waals surface area contributed by atoms with Gasteiger partial charge in [-0.15, -0.1) is 11.3 Å². The molecule has 0 radical (unpaired) electrons. The molecule has 0 spiro atoms. The number of carbonyl (C=O) groups excluding carboxylic acids is 1. The topological polar surface area (TPSA) is 45.2 Å². The number of thiazole rings is 1. The monoisotopic (exact) mass is 281 g/mol. The van der Waals surface area contributed by atoms with Crippen molar-refractivity contribution in [3.63, 3.8) is 0 Å². The average molecular weight is 281 g/mol. The number of aromatic nitrogens is 1. The minimum atomic E-state index is 0.0181.